The molecule has 0 bridgehead atoms. The maximum absolute atomic E-state index is 12.0. The number of nitrogens with zero attached hydrogens (tertiary/aromatic N) is 1. The number of rotatable bonds is 4. The number of hydrogen-bond donors (Lipinski definition) is 1. The Balaban J connectivity index is 1.81. The number of aryl methyl sites for hydroxylation is 1. The summed E-state index contributed by atoms with van der Waals surface area (Å²) in [5.41, 5.74) is 2.73. The van der Waals surface area contributed by atoms with E-state index in [2.05, 4.69) is 45.0 Å². The molecule has 1 N–H and O–H groups in total. The molecule has 1 heterocycles. The van der Waals surface area contributed by atoms with Crippen LogP contribution in [0.2, 0.25) is 0 Å². The SMILES string of the molecule is Cc1cccc(C[NH+]2CCN(C(=O)CC(C)C)CC2)c1. The second-order valence-corrected chi connectivity index (χ2v) is 6.39. The van der Waals surface area contributed by atoms with Crippen molar-refractivity contribution in [2.45, 2.75) is 33.7 Å². The molecule has 1 aliphatic heterocycles. The third-order valence-electron chi connectivity index (χ3n) is 3.94. The van der Waals surface area contributed by atoms with Gasteiger partial charge in [-0.1, -0.05) is 43.7 Å². The zero-order valence-electron chi connectivity index (χ0n) is 13.0. The normalized spacial score (nSPS) is 16.7. The van der Waals surface area contributed by atoms with Crippen LogP contribution >= 0.6 is 0 Å². The second kappa shape index (κ2) is 6.89. The molecule has 110 valence electrons. The highest BCUT2D eigenvalue weighted by molar-refractivity contribution is 5.76. The van der Waals surface area contributed by atoms with Crippen LogP contribution in [-0.2, 0) is 11.3 Å². The highest BCUT2D eigenvalue weighted by Gasteiger charge is 2.23. The summed E-state index contributed by atoms with van der Waals surface area (Å²) in [5.74, 6) is 0.787. The summed E-state index contributed by atoms with van der Waals surface area (Å²) in [4.78, 5) is 15.7. The Labute approximate surface area is 122 Å². The van der Waals surface area contributed by atoms with E-state index in [4.69, 9.17) is 0 Å². The molecule has 0 saturated carbocycles. The highest BCUT2D eigenvalue weighted by atomic mass is 16.2. The minimum Gasteiger partial charge on any atom is -0.331 e. The lowest BCUT2D eigenvalue weighted by Crippen LogP contribution is -3.13. The lowest BCUT2D eigenvalue weighted by molar-refractivity contribution is -0.917. The fourth-order valence-electron chi connectivity index (χ4n) is 2.84. The number of piperazine rings is 1. The number of carbonyl (C=O) groups is 1. The number of nitrogens with one attached hydrogen (secondary N) is 1. The number of benzene rings is 1. The van der Waals surface area contributed by atoms with Crippen molar-refractivity contribution in [2.24, 2.45) is 5.92 Å². The minimum atomic E-state index is 0.328. The maximum Gasteiger partial charge on any atom is 0.223 e. The molecule has 3 heteroatoms. The summed E-state index contributed by atoms with van der Waals surface area (Å²) >= 11 is 0. The van der Waals surface area contributed by atoms with Gasteiger partial charge in [0.25, 0.3) is 0 Å². The fourth-order valence-corrected chi connectivity index (χ4v) is 2.84. The number of quaternary nitrogens is 1. The van der Waals surface area contributed by atoms with E-state index in [0.29, 0.717) is 18.2 Å². The van der Waals surface area contributed by atoms with E-state index in [9.17, 15) is 4.79 Å². The standard InChI is InChI=1S/C17H26N2O/c1-14(2)11-17(20)19-9-7-18(8-10-19)13-16-6-4-5-15(3)12-16/h4-6,12,14H,7-11,13H2,1-3H3/p+1. The molecule has 1 fully saturated rings. The summed E-state index contributed by atoms with van der Waals surface area (Å²) in [6.45, 7) is 11.4. The molecule has 1 amide bonds. The van der Waals surface area contributed by atoms with E-state index in [1.54, 1.807) is 4.90 Å². The predicted molar refractivity (Wildman–Crippen MR) is 81.6 cm³/mol. The van der Waals surface area contributed by atoms with Gasteiger partial charge in [-0.05, 0) is 12.8 Å². The molecule has 20 heavy (non-hydrogen) atoms. The predicted octanol–water partition coefficient (Wildman–Crippen LogP) is 1.27. The molecule has 0 atom stereocenters. The van der Waals surface area contributed by atoms with Crippen molar-refractivity contribution < 1.29 is 9.69 Å². The smallest absolute Gasteiger partial charge is 0.223 e. The van der Waals surface area contributed by atoms with Gasteiger partial charge in [-0.2, -0.15) is 0 Å². The molecule has 1 saturated heterocycles. The first-order valence-electron chi connectivity index (χ1n) is 7.71. The van der Waals surface area contributed by atoms with Crippen LogP contribution in [0.3, 0.4) is 0 Å². The quantitative estimate of drug-likeness (QED) is 0.879. The molecular weight excluding hydrogens is 248 g/mol. The van der Waals surface area contributed by atoms with Crippen LogP contribution in [0.25, 0.3) is 0 Å². The van der Waals surface area contributed by atoms with Gasteiger partial charge in [0.15, 0.2) is 0 Å². The van der Waals surface area contributed by atoms with Crippen LogP contribution in [0.5, 0.6) is 0 Å². The van der Waals surface area contributed by atoms with E-state index in [0.717, 1.165) is 32.7 Å². The molecule has 0 aliphatic carbocycles. The molecular formula is C17H27N2O+. The van der Waals surface area contributed by atoms with Crippen molar-refractivity contribution in [1.29, 1.82) is 0 Å². The zero-order chi connectivity index (χ0) is 14.5. The topological polar surface area (TPSA) is 24.8 Å². The van der Waals surface area contributed by atoms with Gasteiger partial charge in [0.1, 0.15) is 6.54 Å². The second-order valence-electron chi connectivity index (χ2n) is 6.39. The van der Waals surface area contributed by atoms with Crippen LogP contribution in [0.1, 0.15) is 31.4 Å². The van der Waals surface area contributed by atoms with Crippen molar-refractivity contribution in [3.05, 3.63) is 35.4 Å². The van der Waals surface area contributed by atoms with Crippen molar-refractivity contribution in [1.82, 2.24) is 4.90 Å². The summed E-state index contributed by atoms with van der Waals surface area (Å²) in [6.07, 6.45) is 0.688. The van der Waals surface area contributed by atoms with Gasteiger partial charge < -0.3 is 9.80 Å². The third kappa shape index (κ3) is 4.34. The zero-order valence-corrected chi connectivity index (χ0v) is 13.0. The Kier molecular flexibility index (Phi) is 5.18. The van der Waals surface area contributed by atoms with Crippen LogP contribution in [-0.4, -0.2) is 37.0 Å². The van der Waals surface area contributed by atoms with Crippen LogP contribution < -0.4 is 4.90 Å². The Hall–Kier alpha value is -1.35. The largest absolute Gasteiger partial charge is 0.331 e. The average Bonchev–Trinajstić information content (AvgIpc) is 2.38. The average molecular weight is 275 g/mol. The van der Waals surface area contributed by atoms with E-state index in [1.165, 1.54) is 11.1 Å². The first-order valence-corrected chi connectivity index (χ1v) is 7.71. The fraction of sp³-hybridized carbons (Fsp3) is 0.588. The first kappa shape index (κ1) is 15.0. The van der Waals surface area contributed by atoms with Gasteiger partial charge >= 0.3 is 0 Å². The minimum absolute atomic E-state index is 0.328. The maximum atomic E-state index is 12.0. The van der Waals surface area contributed by atoms with E-state index in [1.807, 2.05) is 4.90 Å². The summed E-state index contributed by atoms with van der Waals surface area (Å²) in [6, 6.07) is 8.74. The molecule has 1 aliphatic rings. The number of carbonyl (C=O) groups excluding carboxylic acids is 1. The molecule has 1 aromatic carbocycles. The number of hydrogen-bond acceptors (Lipinski definition) is 1. The molecule has 0 spiro atoms. The molecule has 0 aromatic heterocycles. The Morgan fingerprint density at radius 1 is 1.30 bits per heavy atom. The third-order valence-corrected chi connectivity index (χ3v) is 3.94. The Bertz CT molecular complexity index is 448. The summed E-state index contributed by atoms with van der Waals surface area (Å²) in [5, 5.41) is 0. The van der Waals surface area contributed by atoms with Crippen molar-refractivity contribution in [3.63, 3.8) is 0 Å². The van der Waals surface area contributed by atoms with Gasteiger partial charge in [0, 0.05) is 12.0 Å². The summed E-state index contributed by atoms with van der Waals surface area (Å²) < 4.78 is 0. The lowest BCUT2D eigenvalue weighted by Gasteiger charge is -2.32. The van der Waals surface area contributed by atoms with Gasteiger partial charge in [-0.25, -0.2) is 0 Å². The van der Waals surface area contributed by atoms with Crippen LogP contribution in [0.4, 0.5) is 0 Å². The van der Waals surface area contributed by atoms with Crippen molar-refractivity contribution in [3.8, 4) is 0 Å². The Morgan fingerprint density at radius 3 is 2.60 bits per heavy atom. The van der Waals surface area contributed by atoms with Gasteiger partial charge in [0.05, 0.1) is 26.2 Å². The monoisotopic (exact) mass is 275 g/mol. The first-order chi connectivity index (χ1) is 9.54. The van der Waals surface area contributed by atoms with Crippen LogP contribution in [0, 0.1) is 12.8 Å². The van der Waals surface area contributed by atoms with Crippen molar-refractivity contribution in [2.75, 3.05) is 26.2 Å². The molecule has 0 radical (unpaired) electrons. The lowest BCUT2D eigenvalue weighted by atomic mass is 10.1. The van der Waals surface area contributed by atoms with Gasteiger partial charge in [0.2, 0.25) is 5.91 Å². The Morgan fingerprint density at radius 2 is 2.00 bits per heavy atom. The molecule has 1 aromatic rings. The summed E-state index contributed by atoms with van der Waals surface area (Å²) in [7, 11) is 0. The van der Waals surface area contributed by atoms with Gasteiger partial charge in [-0.3, -0.25) is 4.79 Å². The van der Waals surface area contributed by atoms with E-state index in [-0.39, 0.29) is 0 Å². The number of amides is 1. The molecule has 2 rings (SSSR count). The molecule has 3 nitrogen and oxygen atoms in total. The van der Waals surface area contributed by atoms with Crippen molar-refractivity contribution >= 4 is 5.91 Å². The van der Waals surface area contributed by atoms with E-state index >= 15 is 0 Å². The van der Waals surface area contributed by atoms with Crippen LogP contribution in [0.15, 0.2) is 24.3 Å². The molecule has 0 unspecified atom stereocenters. The highest BCUT2D eigenvalue weighted by Crippen LogP contribution is 2.05. The van der Waals surface area contributed by atoms with Gasteiger partial charge in [-0.15, -0.1) is 0 Å². The van der Waals surface area contributed by atoms with E-state index < -0.39 is 0 Å².